The zero-order chi connectivity index (χ0) is 8.72. The minimum absolute atomic E-state index is 0.719. The summed E-state index contributed by atoms with van der Waals surface area (Å²) in [6, 6.07) is 3.83. The number of nitrogens with zero attached hydrogens (tertiary/aromatic N) is 1. The zero-order valence-electron chi connectivity index (χ0n) is 6.36. The lowest BCUT2D eigenvalue weighted by Gasteiger charge is -1.95. The Morgan fingerprint density at radius 2 is 2.25 bits per heavy atom. The fourth-order valence-corrected chi connectivity index (χ4v) is 2.04. The van der Waals surface area contributed by atoms with Crippen molar-refractivity contribution in [2.24, 2.45) is 0 Å². The Morgan fingerprint density at radius 1 is 1.50 bits per heavy atom. The van der Waals surface area contributed by atoms with Gasteiger partial charge in [-0.25, -0.2) is 0 Å². The van der Waals surface area contributed by atoms with E-state index in [1.54, 1.807) is 0 Å². The number of H-pyrrole nitrogens is 1. The first-order chi connectivity index (χ1) is 5.70. The summed E-state index contributed by atoms with van der Waals surface area (Å²) in [7, 11) is 0. The second kappa shape index (κ2) is 2.75. The second-order valence-corrected chi connectivity index (χ2v) is 3.83. The molecule has 0 aliphatic heterocycles. The molecule has 12 heavy (non-hydrogen) atoms. The highest BCUT2D eigenvalue weighted by Gasteiger charge is 2.08. The lowest BCUT2D eigenvalue weighted by atomic mass is 10.2. The van der Waals surface area contributed by atoms with Crippen LogP contribution in [-0.2, 0) is 0 Å². The summed E-state index contributed by atoms with van der Waals surface area (Å²) in [5, 5.41) is 8.64. The van der Waals surface area contributed by atoms with Crippen molar-refractivity contribution in [3.63, 3.8) is 0 Å². The maximum Gasteiger partial charge on any atom is 0.110 e. The van der Waals surface area contributed by atoms with Gasteiger partial charge in [-0.3, -0.25) is 5.10 Å². The van der Waals surface area contributed by atoms with E-state index in [9.17, 15) is 0 Å². The van der Waals surface area contributed by atoms with Crippen molar-refractivity contribution in [3.05, 3.63) is 27.3 Å². The van der Waals surface area contributed by atoms with Crippen LogP contribution in [0.25, 0.3) is 10.9 Å². The summed E-state index contributed by atoms with van der Waals surface area (Å²) in [5.74, 6) is 0. The molecule has 62 valence electrons. The van der Waals surface area contributed by atoms with E-state index < -0.39 is 0 Å². The molecule has 0 atom stereocenters. The van der Waals surface area contributed by atoms with Gasteiger partial charge < -0.3 is 0 Å². The number of aryl methyl sites for hydroxylation is 1. The van der Waals surface area contributed by atoms with Crippen LogP contribution in [0, 0.1) is 6.92 Å². The number of benzene rings is 1. The molecule has 0 radical (unpaired) electrons. The second-order valence-electron chi connectivity index (χ2n) is 2.63. The number of aromatic nitrogens is 2. The van der Waals surface area contributed by atoms with Gasteiger partial charge in [-0.15, -0.1) is 0 Å². The third kappa shape index (κ3) is 1.04. The van der Waals surface area contributed by atoms with Gasteiger partial charge in [-0.2, -0.15) is 5.10 Å². The first-order valence-electron chi connectivity index (χ1n) is 3.49. The smallest absolute Gasteiger partial charge is 0.110 e. The van der Waals surface area contributed by atoms with E-state index in [2.05, 4.69) is 26.1 Å². The van der Waals surface area contributed by atoms with Crippen molar-refractivity contribution in [1.29, 1.82) is 0 Å². The topological polar surface area (TPSA) is 28.7 Å². The van der Waals surface area contributed by atoms with E-state index in [-0.39, 0.29) is 0 Å². The Hall–Kier alpha value is -0.540. The SMILES string of the molecule is Cc1ccc(Cl)c2c(Br)[nH]nc12. The predicted molar refractivity (Wildman–Crippen MR) is 53.5 cm³/mol. The lowest BCUT2D eigenvalue weighted by Crippen LogP contribution is -1.76. The quantitative estimate of drug-likeness (QED) is 0.758. The average Bonchev–Trinajstić information content (AvgIpc) is 2.42. The molecule has 1 aromatic heterocycles. The predicted octanol–water partition coefficient (Wildman–Crippen LogP) is 3.29. The Kier molecular flexibility index (Phi) is 1.85. The van der Waals surface area contributed by atoms with Crippen LogP contribution in [-0.4, -0.2) is 10.2 Å². The molecule has 0 aliphatic carbocycles. The van der Waals surface area contributed by atoms with Gasteiger partial charge in [0.25, 0.3) is 0 Å². The summed E-state index contributed by atoms with van der Waals surface area (Å²) in [5.41, 5.74) is 2.05. The van der Waals surface area contributed by atoms with Gasteiger partial charge in [0.05, 0.1) is 15.9 Å². The first-order valence-corrected chi connectivity index (χ1v) is 4.66. The van der Waals surface area contributed by atoms with Gasteiger partial charge in [0.1, 0.15) is 4.60 Å². The molecule has 2 aromatic rings. The van der Waals surface area contributed by atoms with E-state index >= 15 is 0 Å². The molecule has 0 aliphatic rings. The molecule has 1 N–H and O–H groups in total. The molecular formula is C8H6BrClN2. The van der Waals surface area contributed by atoms with Crippen molar-refractivity contribution in [2.75, 3.05) is 0 Å². The van der Waals surface area contributed by atoms with Crippen LogP contribution in [0.4, 0.5) is 0 Å². The maximum absolute atomic E-state index is 5.99. The summed E-state index contributed by atoms with van der Waals surface area (Å²) < 4.78 is 0.839. The number of hydrogen-bond donors (Lipinski definition) is 1. The van der Waals surface area contributed by atoms with Crippen molar-refractivity contribution in [1.82, 2.24) is 10.2 Å². The Labute approximate surface area is 83.0 Å². The van der Waals surface area contributed by atoms with Crippen molar-refractivity contribution in [2.45, 2.75) is 6.92 Å². The van der Waals surface area contributed by atoms with Gasteiger partial charge >= 0.3 is 0 Å². The molecule has 0 bridgehead atoms. The van der Waals surface area contributed by atoms with Crippen LogP contribution < -0.4 is 0 Å². The molecule has 4 heteroatoms. The van der Waals surface area contributed by atoms with Crippen LogP contribution in [0.1, 0.15) is 5.56 Å². The van der Waals surface area contributed by atoms with Crippen molar-refractivity contribution >= 4 is 38.4 Å². The number of rotatable bonds is 0. The van der Waals surface area contributed by atoms with E-state index in [4.69, 9.17) is 11.6 Å². The number of hydrogen-bond acceptors (Lipinski definition) is 1. The van der Waals surface area contributed by atoms with Gasteiger partial charge in [-0.05, 0) is 34.5 Å². The standard InChI is InChI=1S/C8H6BrClN2/c1-4-2-3-5(10)6-7(4)11-12-8(6)9/h2-3H,1H3,(H,11,12). The van der Waals surface area contributed by atoms with Crippen LogP contribution in [0.2, 0.25) is 5.02 Å². The largest absolute Gasteiger partial charge is 0.270 e. The Morgan fingerprint density at radius 3 is 2.92 bits per heavy atom. The van der Waals surface area contributed by atoms with Crippen LogP contribution in [0.5, 0.6) is 0 Å². The lowest BCUT2D eigenvalue weighted by molar-refractivity contribution is 1.09. The molecule has 2 rings (SSSR count). The third-order valence-corrected chi connectivity index (χ3v) is 2.70. The number of nitrogens with one attached hydrogen (secondary N) is 1. The number of aromatic amines is 1. The van der Waals surface area contributed by atoms with Crippen molar-refractivity contribution < 1.29 is 0 Å². The Bertz CT molecular complexity index is 436. The highest BCUT2D eigenvalue weighted by atomic mass is 79.9. The normalized spacial score (nSPS) is 10.9. The summed E-state index contributed by atoms with van der Waals surface area (Å²) in [4.78, 5) is 0. The number of halogens is 2. The highest BCUT2D eigenvalue weighted by molar-refractivity contribution is 9.10. The third-order valence-electron chi connectivity index (χ3n) is 1.81. The average molecular weight is 246 g/mol. The fraction of sp³-hybridized carbons (Fsp3) is 0.125. The van der Waals surface area contributed by atoms with E-state index in [0.29, 0.717) is 0 Å². The van der Waals surface area contributed by atoms with Gasteiger partial charge in [0, 0.05) is 0 Å². The maximum atomic E-state index is 5.99. The van der Waals surface area contributed by atoms with Crippen molar-refractivity contribution in [3.8, 4) is 0 Å². The summed E-state index contributed by atoms with van der Waals surface area (Å²) in [6.45, 7) is 2.01. The first kappa shape index (κ1) is 8.08. The summed E-state index contributed by atoms with van der Waals surface area (Å²) in [6.07, 6.45) is 0. The molecule has 0 amide bonds. The fourth-order valence-electron chi connectivity index (χ4n) is 1.18. The highest BCUT2D eigenvalue weighted by Crippen LogP contribution is 2.30. The number of fused-ring (bicyclic) bond motifs is 1. The Balaban J connectivity index is 2.98. The minimum Gasteiger partial charge on any atom is -0.270 e. The zero-order valence-corrected chi connectivity index (χ0v) is 8.70. The molecule has 0 spiro atoms. The molecule has 1 aromatic carbocycles. The van der Waals surface area contributed by atoms with Crippen LogP contribution in [0.15, 0.2) is 16.7 Å². The molecule has 1 heterocycles. The van der Waals surface area contributed by atoms with Gasteiger partial charge in [-0.1, -0.05) is 17.7 Å². The van der Waals surface area contributed by atoms with E-state index in [0.717, 1.165) is 26.1 Å². The van der Waals surface area contributed by atoms with Gasteiger partial charge in [0.2, 0.25) is 0 Å². The molecular weight excluding hydrogens is 239 g/mol. The van der Waals surface area contributed by atoms with Crippen LogP contribution >= 0.6 is 27.5 Å². The molecule has 0 saturated heterocycles. The van der Waals surface area contributed by atoms with E-state index in [1.165, 1.54) is 0 Å². The van der Waals surface area contributed by atoms with E-state index in [1.807, 2.05) is 19.1 Å². The molecule has 2 nitrogen and oxygen atoms in total. The molecule has 0 unspecified atom stereocenters. The minimum atomic E-state index is 0.719. The summed E-state index contributed by atoms with van der Waals surface area (Å²) >= 11 is 9.33. The van der Waals surface area contributed by atoms with Crippen LogP contribution in [0.3, 0.4) is 0 Å². The van der Waals surface area contributed by atoms with Gasteiger partial charge in [0.15, 0.2) is 0 Å². The molecule has 0 fully saturated rings. The molecule has 0 saturated carbocycles. The monoisotopic (exact) mass is 244 g/mol.